The van der Waals surface area contributed by atoms with Gasteiger partial charge in [-0.25, -0.2) is 0 Å². The van der Waals surface area contributed by atoms with E-state index < -0.39 is 23.2 Å². The molecule has 0 N–H and O–H groups in total. The van der Waals surface area contributed by atoms with Gasteiger partial charge in [0.15, 0.2) is 0 Å². The molecule has 0 amide bonds. The van der Waals surface area contributed by atoms with Gasteiger partial charge in [-0.05, 0) is 86.4 Å². The lowest BCUT2D eigenvalue weighted by Gasteiger charge is -2.38. The minimum Gasteiger partial charge on any atom is -0.171 e. The summed E-state index contributed by atoms with van der Waals surface area (Å²) in [6.07, 6.45) is 17.8. The van der Waals surface area contributed by atoms with E-state index in [1.807, 2.05) is 0 Å². The molecule has 4 aliphatic rings. The highest BCUT2D eigenvalue weighted by Gasteiger charge is 2.54. The Morgan fingerprint density at radius 3 is 0.788 bits per heavy atom. The van der Waals surface area contributed by atoms with Crippen molar-refractivity contribution in [3.8, 4) is 0 Å². The van der Waals surface area contributed by atoms with E-state index in [-0.39, 0.29) is 12.8 Å². The summed E-state index contributed by atoms with van der Waals surface area (Å²) in [4.78, 5) is 0. The molecule has 4 fully saturated rings. The fourth-order valence-electron chi connectivity index (χ4n) is 7.58. The molecule has 0 spiro atoms. The van der Waals surface area contributed by atoms with Crippen molar-refractivity contribution in [2.24, 2.45) is 33.0 Å². The highest BCUT2D eigenvalue weighted by Crippen LogP contribution is 2.53. The molecule has 0 aromatic carbocycles. The molecule has 0 aromatic heterocycles. The molecule has 0 aliphatic heterocycles. The molecule has 0 aromatic rings. The molecule has 0 bridgehead atoms. The second-order valence-electron chi connectivity index (χ2n) is 19.0. The highest BCUT2D eigenvalue weighted by atomic mass is 19.4. The number of halogens is 6. The Balaban J connectivity index is 0. The third-order valence-corrected chi connectivity index (χ3v) is 14.0. The molecule has 0 nitrogen and oxygen atoms in total. The second kappa shape index (κ2) is 25.7. The van der Waals surface area contributed by atoms with Gasteiger partial charge in [0.25, 0.3) is 0 Å². The SMILES string of the molecule is CCC(C)(C)C.CCC(C)CC.CCC1(C(F)(F)F)CCCC1.CCC1(C(F)(F)F)CCCCC1.CCC1(C)CCCC1.CCC1(C)CCCCC1. The summed E-state index contributed by atoms with van der Waals surface area (Å²) in [5, 5.41) is 0. The molecule has 0 atom stereocenters. The zero-order valence-corrected chi connectivity index (χ0v) is 37.0. The first kappa shape index (κ1) is 53.7. The lowest BCUT2D eigenvalue weighted by molar-refractivity contribution is -0.235. The summed E-state index contributed by atoms with van der Waals surface area (Å²) in [7, 11) is 0. The highest BCUT2D eigenvalue weighted by molar-refractivity contribution is 4.90. The molecular weight excluding hydrogens is 666 g/mol. The van der Waals surface area contributed by atoms with Crippen molar-refractivity contribution in [3.63, 3.8) is 0 Å². The number of rotatable bonds is 6. The van der Waals surface area contributed by atoms with E-state index in [2.05, 4.69) is 76.2 Å². The summed E-state index contributed by atoms with van der Waals surface area (Å²) in [6, 6.07) is 0. The van der Waals surface area contributed by atoms with Crippen molar-refractivity contribution < 1.29 is 26.3 Å². The first-order valence-corrected chi connectivity index (χ1v) is 22.1. The minimum absolute atomic E-state index is 0.247. The van der Waals surface area contributed by atoms with Gasteiger partial charge in [-0.1, -0.05) is 186 Å². The van der Waals surface area contributed by atoms with E-state index in [0.29, 0.717) is 31.1 Å². The molecule has 4 rings (SSSR count). The van der Waals surface area contributed by atoms with E-state index in [9.17, 15) is 26.3 Å². The van der Waals surface area contributed by atoms with Crippen LogP contribution in [0.2, 0.25) is 0 Å². The van der Waals surface area contributed by atoms with E-state index >= 15 is 0 Å². The topological polar surface area (TPSA) is 0 Å². The van der Waals surface area contributed by atoms with E-state index in [4.69, 9.17) is 0 Å². The van der Waals surface area contributed by atoms with Crippen molar-refractivity contribution in [1.29, 1.82) is 0 Å². The lowest BCUT2D eigenvalue weighted by atomic mass is 9.72. The zero-order chi connectivity index (χ0) is 40.8. The smallest absolute Gasteiger partial charge is 0.171 e. The van der Waals surface area contributed by atoms with Crippen LogP contribution >= 0.6 is 0 Å². The van der Waals surface area contributed by atoms with Gasteiger partial charge in [-0.3, -0.25) is 0 Å². The van der Waals surface area contributed by atoms with E-state index in [1.165, 1.54) is 89.9 Å². The van der Waals surface area contributed by atoms with Crippen LogP contribution in [0.3, 0.4) is 0 Å². The summed E-state index contributed by atoms with van der Waals surface area (Å²) in [6.45, 7) is 28.5. The summed E-state index contributed by atoms with van der Waals surface area (Å²) >= 11 is 0. The van der Waals surface area contributed by atoms with E-state index in [1.54, 1.807) is 13.8 Å². The zero-order valence-electron chi connectivity index (χ0n) is 37.0. The van der Waals surface area contributed by atoms with E-state index in [0.717, 1.165) is 48.9 Å². The Bertz CT molecular complexity index is 820. The Morgan fingerprint density at radius 1 is 0.423 bits per heavy atom. The number of hydrogen-bond acceptors (Lipinski definition) is 0. The number of alkyl halides is 6. The molecule has 52 heavy (non-hydrogen) atoms. The largest absolute Gasteiger partial charge is 0.394 e. The van der Waals surface area contributed by atoms with Crippen molar-refractivity contribution >= 4 is 0 Å². The van der Waals surface area contributed by atoms with Gasteiger partial charge < -0.3 is 0 Å². The Hall–Kier alpha value is -0.420. The molecule has 4 aliphatic carbocycles. The van der Waals surface area contributed by atoms with Crippen molar-refractivity contribution in [2.45, 2.75) is 263 Å². The predicted molar refractivity (Wildman–Crippen MR) is 217 cm³/mol. The Morgan fingerprint density at radius 2 is 0.654 bits per heavy atom. The summed E-state index contributed by atoms with van der Waals surface area (Å²) < 4.78 is 75.0. The van der Waals surface area contributed by atoms with Gasteiger partial charge in [-0.2, -0.15) is 26.3 Å². The van der Waals surface area contributed by atoms with Gasteiger partial charge in [-0.15, -0.1) is 0 Å². The van der Waals surface area contributed by atoms with Gasteiger partial charge >= 0.3 is 12.4 Å². The molecule has 6 heteroatoms. The predicted octanol–water partition coefficient (Wildman–Crippen LogP) is 18.7. The maximum absolute atomic E-state index is 12.6. The standard InChI is InChI=1S/C9H15F3.C9H18.C8H13F3.C8H16.2C6H14/c1-2-8(9(10,11)12)6-4-3-5-7-8;1-3-9(2)7-5-4-6-8-9;1-2-7(8(9,10)11)5-3-4-6-7;1-3-8(2)6-4-5-7-8;1-5-6(2,3)4;1-4-6(3)5-2/h2-7H2,1H3;3-8H2,1-2H3;2-6H2,1H3;3-7H2,1-2H3;5H2,1-4H3;6H,4-5H2,1-3H3. The van der Waals surface area contributed by atoms with Gasteiger partial charge in [0.1, 0.15) is 0 Å². The van der Waals surface area contributed by atoms with Gasteiger partial charge in [0, 0.05) is 0 Å². The Labute approximate surface area is 321 Å². The first-order valence-electron chi connectivity index (χ1n) is 22.1. The molecular formula is C46H90F6. The second-order valence-corrected chi connectivity index (χ2v) is 19.0. The van der Waals surface area contributed by atoms with Crippen LogP contribution in [0, 0.1) is 33.0 Å². The average Bonchev–Trinajstić information content (AvgIpc) is 3.80. The number of hydrogen-bond donors (Lipinski definition) is 0. The van der Waals surface area contributed by atoms with Crippen LogP contribution in [0.1, 0.15) is 251 Å². The molecule has 316 valence electrons. The molecule has 0 heterocycles. The van der Waals surface area contributed by atoms with Crippen LogP contribution in [-0.2, 0) is 0 Å². The first-order chi connectivity index (χ1) is 23.9. The van der Waals surface area contributed by atoms with Crippen LogP contribution in [0.25, 0.3) is 0 Å². The fourth-order valence-corrected chi connectivity index (χ4v) is 7.58. The quantitative estimate of drug-likeness (QED) is 0.237. The fraction of sp³-hybridized carbons (Fsp3) is 1.00. The third-order valence-electron chi connectivity index (χ3n) is 14.0. The van der Waals surface area contributed by atoms with Gasteiger partial charge in [0.2, 0.25) is 0 Å². The van der Waals surface area contributed by atoms with Crippen molar-refractivity contribution in [3.05, 3.63) is 0 Å². The van der Waals surface area contributed by atoms with Crippen LogP contribution in [0.5, 0.6) is 0 Å². The van der Waals surface area contributed by atoms with Crippen LogP contribution in [-0.4, -0.2) is 12.4 Å². The lowest BCUT2D eigenvalue weighted by Crippen LogP contribution is -2.39. The van der Waals surface area contributed by atoms with Crippen LogP contribution in [0.15, 0.2) is 0 Å². The third kappa shape index (κ3) is 21.0. The average molecular weight is 757 g/mol. The van der Waals surface area contributed by atoms with Crippen LogP contribution in [0.4, 0.5) is 26.3 Å². The van der Waals surface area contributed by atoms with Crippen LogP contribution < -0.4 is 0 Å². The molecule has 0 radical (unpaired) electrons. The van der Waals surface area contributed by atoms with Gasteiger partial charge in [0.05, 0.1) is 10.8 Å². The summed E-state index contributed by atoms with van der Waals surface area (Å²) in [5.41, 5.74) is -0.670. The minimum atomic E-state index is -3.98. The maximum Gasteiger partial charge on any atom is 0.394 e. The maximum atomic E-state index is 12.6. The van der Waals surface area contributed by atoms with Crippen molar-refractivity contribution in [2.75, 3.05) is 0 Å². The monoisotopic (exact) mass is 757 g/mol. The molecule has 0 saturated heterocycles. The normalized spacial score (nSPS) is 21.7. The molecule has 0 unspecified atom stereocenters. The Kier molecular flexibility index (Phi) is 26.5. The molecule has 4 saturated carbocycles. The summed E-state index contributed by atoms with van der Waals surface area (Å²) in [5.74, 6) is 0.935. The van der Waals surface area contributed by atoms with Crippen molar-refractivity contribution in [1.82, 2.24) is 0 Å².